The molecule has 0 bridgehead atoms. The number of nitrogens with zero attached hydrogens (tertiary/aromatic N) is 4. The van der Waals surface area contributed by atoms with E-state index < -0.39 is 0 Å². The van der Waals surface area contributed by atoms with Crippen molar-refractivity contribution < 1.29 is 9.53 Å². The second kappa shape index (κ2) is 11.8. The molecule has 1 fully saturated rings. The fourth-order valence-electron chi connectivity index (χ4n) is 5.17. The van der Waals surface area contributed by atoms with Crippen LogP contribution in [0.4, 0.5) is 29.0 Å². The van der Waals surface area contributed by atoms with E-state index in [1.165, 1.54) is 5.56 Å². The third-order valence-corrected chi connectivity index (χ3v) is 7.40. The van der Waals surface area contributed by atoms with Gasteiger partial charge in [-0.25, -0.2) is 0 Å². The van der Waals surface area contributed by atoms with E-state index in [0.29, 0.717) is 23.0 Å². The predicted octanol–water partition coefficient (Wildman–Crippen LogP) is 6.34. The summed E-state index contributed by atoms with van der Waals surface area (Å²) in [4.78, 5) is 28.7. The number of nitrogen functional groups attached to an aromatic ring is 1. The van der Waals surface area contributed by atoms with Crippen molar-refractivity contribution >= 4 is 34.9 Å². The zero-order chi connectivity index (χ0) is 30.0. The molecule has 4 aromatic rings. The quantitative estimate of drug-likeness (QED) is 0.248. The summed E-state index contributed by atoms with van der Waals surface area (Å²) in [7, 11) is 0. The van der Waals surface area contributed by atoms with Crippen LogP contribution in [0.5, 0.6) is 0 Å². The first-order chi connectivity index (χ1) is 20.0. The topological polar surface area (TPSA) is 118 Å². The van der Waals surface area contributed by atoms with Crippen molar-refractivity contribution in [1.29, 1.82) is 0 Å². The summed E-state index contributed by atoms with van der Waals surface area (Å²) in [5.41, 5.74) is 12.1. The second-order valence-electron chi connectivity index (χ2n) is 11.9. The van der Waals surface area contributed by atoms with Gasteiger partial charge in [-0.3, -0.25) is 4.79 Å². The summed E-state index contributed by atoms with van der Waals surface area (Å²) in [6.45, 7) is 14.3. The molecule has 0 unspecified atom stereocenters. The molecule has 4 N–H and O–H groups in total. The Morgan fingerprint density at radius 1 is 0.929 bits per heavy atom. The van der Waals surface area contributed by atoms with Crippen LogP contribution in [-0.4, -0.2) is 46.2 Å². The predicted molar refractivity (Wildman–Crippen MR) is 169 cm³/mol. The van der Waals surface area contributed by atoms with Crippen molar-refractivity contribution in [1.82, 2.24) is 15.0 Å². The minimum atomic E-state index is -0.183. The minimum absolute atomic E-state index is 0.0179. The van der Waals surface area contributed by atoms with E-state index >= 15 is 0 Å². The number of hydrogen-bond donors (Lipinski definition) is 3. The summed E-state index contributed by atoms with van der Waals surface area (Å²) >= 11 is 0. The van der Waals surface area contributed by atoms with Gasteiger partial charge in [0.15, 0.2) is 5.82 Å². The van der Waals surface area contributed by atoms with E-state index in [4.69, 9.17) is 10.5 Å². The fraction of sp³-hybridized carbons (Fsp3) is 0.333. The van der Waals surface area contributed by atoms with E-state index in [1.54, 1.807) is 0 Å². The number of amides is 1. The Bertz CT molecular complexity index is 1550. The molecule has 1 saturated heterocycles. The maximum atomic E-state index is 13.1. The van der Waals surface area contributed by atoms with Crippen LogP contribution in [0.25, 0.3) is 11.4 Å². The molecule has 218 valence electrons. The Balaban J connectivity index is 1.32. The number of anilines is 5. The van der Waals surface area contributed by atoms with Crippen molar-refractivity contribution in [3.05, 3.63) is 83.4 Å². The SMILES string of the molecule is Cc1c(NC(=O)c2ccc(C(C)(C)C)cc2)cccc1-c1nc(N)nc(Nc2ccc(N3C[C@@H](C)O[C@@H](C)C3)cc2)n1. The van der Waals surface area contributed by atoms with Crippen LogP contribution in [0.2, 0.25) is 0 Å². The van der Waals surface area contributed by atoms with Crippen LogP contribution >= 0.6 is 0 Å². The van der Waals surface area contributed by atoms with Gasteiger partial charge in [-0.15, -0.1) is 0 Å². The lowest BCUT2D eigenvalue weighted by molar-refractivity contribution is -0.00521. The number of nitrogens with one attached hydrogen (secondary N) is 2. The standard InChI is InChI=1S/C33H39N7O2/c1-20-18-40(19-21(2)42-20)26-16-14-25(15-17-26)35-32-38-29(37-31(34)39-32)27-8-7-9-28(22(27)3)36-30(41)23-10-12-24(13-11-23)33(4,5)6/h7-17,20-21H,18-19H2,1-6H3,(H,36,41)(H3,34,35,37,38,39)/t20-,21+. The van der Waals surface area contributed by atoms with Gasteiger partial charge in [0.1, 0.15) is 0 Å². The molecule has 0 spiro atoms. The lowest BCUT2D eigenvalue weighted by Crippen LogP contribution is -2.45. The first kappa shape index (κ1) is 29.0. The molecule has 1 amide bonds. The number of ether oxygens (including phenoxy) is 1. The summed E-state index contributed by atoms with van der Waals surface area (Å²) in [6.07, 6.45) is 0.377. The Morgan fingerprint density at radius 2 is 1.60 bits per heavy atom. The first-order valence-electron chi connectivity index (χ1n) is 14.3. The molecular formula is C33H39N7O2. The van der Waals surface area contributed by atoms with Crippen LogP contribution in [0, 0.1) is 6.92 Å². The van der Waals surface area contributed by atoms with E-state index in [9.17, 15) is 4.79 Å². The molecular weight excluding hydrogens is 526 g/mol. The number of aromatic nitrogens is 3. The van der Waals surface area contributed by atoms with Crippen LogP contribution in [0.1, 0.15) is 56.1 Å². The molecule has 0 radical (unpaired) electrons. The summed E-state index contributed by atoms with van der Waals surface area (Å²) in [6, 6.07) is 21.5. The molecule has 1 aliphatic rings. The van der Waals surface area contributed by atoms with Gasteiger partial charge < -0.3 is 26.0 Å². The maximum Gasteiger partial charge on any atom is 0.255 e. The molecule has 2 atom stereocenters. The van der Waals surface area contributed by atoms with Crippen molar-refractivity contribution in [2.75, 3.05) is 34.4 Å². The van der Waals surface area contributed by atoms with Gasteiger partial charge in [-0.2, -0.15) is 15.0 Å². The Morgan fingerprint density at radius 3 is 2.24 bits per heavy atom. The average Bonchev–Trinajstić information content (AvgIpc) is 2.93. The van der Waals surface area contributed by atoms with Crippen molar-refractivity contribution in [2.24, 2.45) is 0 Å². The van der Waals surface area contributed by atoms with E-state index in [1.807, 2.05) is 61.5 Å². The van der Waals surface area contributed by atoms with Crippen LogP contribution in [-0.2, 0) is 10.2 Å². The monoisotopic (exact) mass is 565 g/mol. The summed E-state index contributed by atoms with van der Waals surface area (Å²) in [5.74, 6) is 0.675. The van der Waals surface area contributed by atoms with Gasteiger partial charge in [-0.1, -0.05) is 45.0 Å². The number of benzene rings is 3. The van der Waals surface area contributed by atoms with Gasteiger partial charge in [0, 0.05) is 41.3 Å². The van der Waals surface area contributed by atoms with Gasteiger partial charge >= 0.3 is 0 Å². The highest BCUT2D eigenvalue weighted by Gasteiger charge is 2.22. The Hall–Kier alpha value is -4.50. The third-order valence-electron chi connectivity index (χ3n) is 7.40. The van der Waals surface area contributed by atoms with Crippen LogP contribution < -0.4 is 21.3 Å². The second-order valence-corrected chi connectivity index (χ2v) is 11.9. The third kappa shape index (κ3) is 6.69. The smallest absolute Gasteiger partial charge is 0.255 e. The van der Waals surface area contributed by atoms with Crippen LogP contribution in [0.15, 0.2) is 66.7 Å². The number of hydrogen-bond acceptors (Lipinski definition) is 8. The highest BCUT2D eigenvalue weighted by atomic mass is 16.5. The first-order valence-corrected chi connectivity index (χ1v) is 14.3. The minimum Gasteiger partial charge on any atom is -0.372 e. The molecule has 5 rings (SSSR count). The van der Waals surface area contributed by atoms with E-state index in [0.717, 1.165) is 35.6 Å². The normalized spacial score (nSPS) is 17.1. The molecule has 0 aliphatic carbocycles. The fourth-order valence-corrected chi connectivity index (χ4v) is 5.17. The Labute approximate surface area is 247 Å². The highest BCUT2D eigenvalue weighted by molar-refractivity contribution is 6.05. The van der Waals surface area contributed by atoms with Gasteiger partial charge in [0.25, 0.3) is 5.91 Å². The van der Waals surface area contributed by atoms with Gasteiger partial charge in [0.05, 0.1) is 12.2 Å². The Kier molecular flexibility index (Phi) is 8.13. The van der Waals surface area contributed by atoms with E-state index in [-0.39, 0.29) is 29.5 Å². The lowest BCUT2D eigenvalue weighted by atomic mass is 9.86. The molecule has 1 aromatic heterocycles. The molecule has 2 heterocycles. The maximum absolute atomic E-state index is 13.1. The number of carbonyl (C=O) groups excluding carboxylic acids is 1. The average molecular weight is 566 g/mol. The largest absolute Gasteiger partial charge is 0.372 e. The molecule has 9 nitrogen and oxygen atoms in total. The van der Waals surface area contributed by atoms with Gasteiger partial charge in [0.2, 0.25) is 11.9 Å². The molecule has 42 heavy (non-hydrogen) atoms. The molecule has 0 saturated carbocycles. The van der Waals surface area contributed by atoms with Crippen molar-refractivity contribution in [3.8, 4) is 11.4 Å². The zero-order valence-corrected chi connectivity index (χ0v) is 25.1. The lowest BCUT2D eigenvalue weighted by Gasteiger charge is -2.36. The highest BCUT2D eigenvalue weighted by Crippen LogP contribution is 2.29. The van der Waals surface area contributed by atoms with E-state index in [2.05, 4.69) is 77.2 Å². The number of carbonyl (C=O) groups is 1. The molecule has 9 heteroatoms. The summed E-state index contributed by atoms with van der Waals surface area (Å²) in [5, 5.41) is 6.28. The van der Waals surface area contributed by atoms with Crippen molar-refractivity contribution in [2.45, 2.75) is 59.2 Å². The molecule has 3 aromatic carbocycles. The zero-order valence-electron chi connectivity index (χ0n) is 25.1. The van der Waals surface area contributed by atoms with Gasteiger partial charge in [-0.05, 0) is 79.8 Å². The number of nitrogens with two attached hydrogens (primary N) is 1. The summed E-state index contributed by atoms with van der Waals surface area (Å²) < 4.78 is 5.86. The molecule has 1 aliphatic heterocycles. The number of rotatable bonds is 6. The van der Waals surface area contributed by atoms with Crippen molar-refractivity contribution in [3.63, 3.8) is 0 Å². The number of morpholine rings is 1. The van der Waals surface area contributed by atoms with Crippen LogP contribution in [0.3, 0.4) is 0 Å².